The number of carboxylic acid groups (broad SMARTS) is 1. The summed E-state index contributed by atoms with van der Waals surface area (Å²) in [6.45, 7) is 1.92. The molecule has 1 aromatic carbocycles. The topological polar surface area (TPSA) is 63.3 Å². The minimum Gasteiger partial charge on any atom is -0.477 e. The van der Waals surface area contributed by atoms with Crippen molar-refractivity contribution in [3.05, 3.63) is 44.6 Å². The Morgan fingerprint density at radius 2 is 2.21 bits per heavy atom. The fourth-order valence-electron chi connectivity index (χ4n) is 1.55. The molecule has 0 atom stereocenters. The highest BCUT2D eigenvalue weighted by Gasteiger charge is 2.12. The van der Waals surface area contributed by atoms with Gasteiger partial charge in [0.05, 0.1) is 5.02 Å². The molecule has 1 heterocycles. The molecule has 0 fully saturated rings. The molecular weight excluding hydrogens is 302 g/mol. The summed E-state index contributed by atoms with van der Waals surface area (Å²) in [6.07, 6.45) is 0. The predicted octanol–water partition coefficient (Wildman–Crippen LogP) is 4.28. The number of thioether (sulfide) groups is 1. The zero-order chi connectivity index (χ0) is 14.0. The number of hydrogen-bond donors (Lipinski definition) is 2. The van der Waals surface area contributed by atoms with Gasteiger partial charge in [0.15, 0.2) is 0 Å². The van der Waals surface area contributed by atoms with Gasteiger partial charge >= 0.3 is 5.97 Å². The molecule has 1 aromatic heterocycles. The van der Waals surface area contributed by atoms with Crippen LogP contribution in [-0.2, 0) is 5.75 Å². The number of nitrogens with two attached hydrogens (primary N) is 1. The summed E-state index contributed by atoms with van der Waals surface area (Å²) in [4.78, 5) is 13.2. The number of benzene rings is 1. The van der Waals surface area contributed by atoms with Crippen molar-refractivity contribution in [2.45, 2.75) is 17.6 Å². The number of nitrogen functional groups attached to an aromatic ring is 1. The van der Waals surface area contributed by atoms with E-state index in [1.54, 1.807) is 30.0 Å². The van der Waals surface area contributed by atoms with Crippen LogP contribution in [-0.4, -0.2) is 11.1 Å². The summed E-state index contributed by atoms with van der Waals surface area (Å²) in [5, 5.41) is 9.61. The van der Waals surface area contributed by atoms with Gasteiger partial charge in [0.1, 0.15) is 4.88 Å². The van der Waals surface area contributed by atoms with Crippen LogP contribution in [0.25, 0.3) is 0 Å². The lowest BCUT2D eigenvalue weighted by atomic mass is 10.3. The quantitative estimate of drug-likeness (QED) is 0.653. The molecule has 0 aliphatic heterocycles. The fraction of sp³-hybridized carbons (Fsp3) is 0.154. The zero-order valence-electron chi connectivity index (χ0n) is 10.1. The van der Waals surface area contributed by atoms with Crippen molar-refractivity contribution in [3.63, 3.8) is 0 Å². The third-order valence-corrected chi connectivity index (χ3v) is 5.20. The number of anilines is 1. The molecule has 0 unspecified atom stereocenters. The molecule has 0 amide bonds. The molecule has 2 rings (SSSR count). The van der Waals surface area contributed by atoms with Crippen LogP contribution >= 0.6 is 34.7 Å². The molecule has 0 aliphatic carbocycles. The Morgan fingerprint density at radius 1 is 1.47 bits per heavy atom. The Hall–Kier alpha value is -1.17. The molecular formula is C13H12ClNO2S2. The maximum absolute atomic E-state index is 10.9. The summed E-state index contributed by atoms with van der Waals surface area (Å²) in [5.41, 5.74) is 7.41. The SMILES string of the molecule is Cc1sc(C(=O)O)cc1CSc1cc(N)ccc1Cl. The highest BCUT2D eigenvalue weighted by molar-refractivity contribution is 7.98. The molecule has 2 aromatic rings. The summed E-state index contributed by atoms with van der Waals surface area (Å²) in [5.74, 6) is -0.204. The minimum atomic E-state index is -0.883. The van der Waals surface area contributed by atoms with E-state index in [9.17, 15) is 4.79 Å². The molecule has 0 aliphatic rings. The van der Waals surface area contributed by atoms with Crippen molar-refractivity contribution in [1.82, 2.24) is 0 Å². The Labute approximate surface area is 124 Å². The van der Waals surface area contributed by atoms with Crippen LogP contribution in [0.3, 0.4) is 0 Å². The highest BCUT2D eigenvalue weighted by atomic mass is 35.5. The highest BCUT2D eigenvalue weighted by Crippen LogP contribution is 2.33. The minimum absolute atomic E-state index is 0.367. The van der Waals surface area contributed by atoms with Gasteiger partial charge in [-0.1, -0.05) is 11.6 Å². The molecule has 6 heteroatoms. The van der Waals surface area contributed by atoms with E-state index in [0.29, 0.717) is 21.3 Å². The van der Waals surface area contributed by atoms with Gasteiger partial charge in [-0.2, -0.15) is 0 Å². The summed E-state index contributed by atoms with van der Waals surface area (Å²) < 4.78 is 0. The van der Waals surface area contributed by atoms with Crippen molar-refractivity contribution >= 4 is 46.4 Å². The second-order valence-electron chi connectivity index (χ2n) is 3.98. The van der Waals surface area contributed by atoms with Gasteiger partial charge in [-0.05, 0) is 36.8 Å². The number of halogens is 1. The first-order valence-electron chi connectivity index (χ1n) is 5.48. The number of thiophene rings is 1. The summed E-state index contributed by atoms with van der Waals surface area (Å²) >= 11 is 8.94. The van der Waals surface area contributed by atoms with Gasteiger partial charge in [-0.15, -0.1) is 23.1 Å². The number of aryl methyl sites for hydroxylation is 1. The van der Waals surface area contributed by atoms with Crippen LogP contribution in [0, 0.1) is 6.92 Å². The van der Waals surface area contributed by atoms with E-state index < -0.39 is 5.97 Å². The molecule has 19 heavy (non-hydrogen) atoms. The number of carboxylic acids is 1. The van der Waals surface area contributed by atoms with Crippen LogP contribution in [0.2, 0.25) is 5.02 Å². The Balaban J connectivity index is 2.14. The first-order valence-corrected chi connectivity index (χ1v) is 7.66. The van der Waals surface area contributed by atoms with Crippen LogP contribution < -0.4 is 5.73 Å². The largest absolute Gasteiger partial charge is 0.477 e. The van der Waals surface area contributed by atoms with Gasteiger partial charge in [-0.3, -0.25) is 0 Å². The lowest BCUT2D eigenvalue weighted by molar-refractivity contribution is 0.0702. The monoisotopic (exact) mass is 313 g/mol. The first kappa shape index (κ1) is 14.2. The molecule has 0 bridgehead atoms. The van der Waals surface area contributed by atoms with Crippen LogP contribution in [0.5, 0.6) is 0 Å². The van der Waals surface area contributed by atoms with E-state index in [2.05, 4.69) is 0 Å². The fourth-order valence-corrected chi connectivity index (χ4v) is 3.84. The third kappa shape index (κ3) is 3.43. The van der Waals surface area contributed by atoms with E-state index in [0.717, 1.165) is 15.3 Å². The van der Waals surface area contributed by atoms with Crippen LogP contribution in [0.15, 0.2) is 29.2 Å². The lowest BCUT2D eigenvalue weighted by Crippen LogP contribution is -1.90. The van der Waals surface area contributed by atoms with Crippen molar-refractivity contribution < 1.29 is 9.90 Å². The van der Waals surface area contributed by atoms with Crippen LogP contribution in [0.4, 0.5) is 5.69 Å². The van der Waals surface area contributed by atoms with Gasteiger partial charge in [0, 0.05) is 21.2 Å². The van der Waals surface area contributed by atoms with Gasteiger partial charge in [0.25, 0.3) is 0 Å². The molecule has 0 radical (unpaired) electrons. The van der Waals surface area contributed by atoms with Crippen molar-refractivity contribution in [3.8, 4) is 0 Å². The maximum Gasteiger partial charge on any atom is 0.345 e. The third-order valence-electron chi connectivity index (χ3n) is 2.57. The van der Waals surface area contributed by atoms with Gasteiger partial charge in [0.2, 0.25) is 0 Å². The van der Waals surface area contributed by atoms with Crippen molar-refractivity contribution in [1.29, 1.82) is 0 Å². The molecule has 3 N–H and O–H groups in total. The zero-order valence-corrected chi connectivity index (χ0v) is 12.5. The second kappa shape index (κ2) is 5.86. The Morgan fingerprint density at radius 3 is 2.84 bits per heavy atom. The number of hydrogen-bond acceptors (Lipinski definition) is 4. The Kier molecular flexibility index (Phi) is 4.39. The first-order chi connectivity index (χ1) is 8.97. The van der Waals surface area contributed by atoms with Crippen LogP contribution in [0.1, 0.15) is 20.1 Å². The second-order valence-corrected chi connectivity index (χ2v) is 6.66. The van der Waals surface area contributed by atoms with Gasteiger partial charge in [-0.25, -0.2) is 4.79 Å². The number of rotatable bonds is 4. The van der Waals surface area contributed by atoms with E-state index in [1.165, 1.54) is 11.3 Å². The predicted molar refractivity (Wildman–Crippen MR) is 81.4 cm³/mol. The molecule has 0 saturated heterocycles. The van der Waals surface area contributed by atoms with E-state index in [-0.39, 0.29) is 0 Å². The summed E-state index contributed by atoms with van der Waals surface area (Å²) in [6, 6.07) is 7.06. The van der Waals surface area contributed by atoms with E-state index in [4.69, 9.17) is 22.4 Å². The van der Waals surface area contributed by atoms with E-state index in [1.807, 2.05) is 13.0 Å². The average molecular weight is 314 g/mol. The average Bonchev–Trinajstić information content (AvgIpc) is 2.72. The van der Waals surface area contributed by atoms with E-state index >= 15 is 0 Å². The number of aromatic carboxylic acids is 1. The lowest BCUT2D eigenvalue weighted by Gasteiger charge is -2.05. The molecule has 100 valence electrons. The maximum atomic E-state index is 10.9. The molecule has 0 spiro atoms. The Bertz CT molecular complexity index is 625. The molecule has 3 nitrogen and oxygen atoms in total. The smallest absolute Gasteiger partial charge is 0.345 e. The van der Waals surface area contributed by atoms with Crippen molar-refractivity contribution in [2.75, 3.05) is 5.73 Å². The summed E-state index contributed by atoms with van der Waals surface area (Å²) in [7, 11) is 0. The standard InChI is InChI=1S/C13H12ClNO2S2/c1-7-8(4-12(19-7)13(16)17)6-18-11-5-9(15)2-3-10(11)14/h2-5H,6,15H2,1H3,(H,16,17). The number of carbonyl (C=O) groups is 1. The normalized spacial score (nSPS) is 10.6. The van der Waals surface area contributed by atoms with Gasteiger partial charge < -0.3 is 10.8 Å². The van der Waals surface area contributed by atoms with Crippen molar-refractivity contribution in [2.24, 2.45) is 0 Å². The molecule has 0 saturated carbocycles.